The van der Waals surface area contributed by atoms with Crippen molar-refractivity contribution in [3.63, 3.8) is 0 Å². The number of rotatable bonds is 18. The van der Waals surface area contributed by atoms with Gasteiger partial charge in [-0.2, -0.15) is 0 Å². The summed E-state index contributed by atoms with van der Waals surface area (Å²) in [5.41, 5.74) is 1.06. The molecule has 0 unspecified atom stereocenters. The van der Waals surface area contributed by atoms with Crippen LogP contribution in [0.25, 0.3) is 12.2 Å². The average Bonchev–Trinajstić information content (AvgIpc) is 3.03. The molecule has 0 N–H and O–H groups in total. The van der Waals surface area contributed by atoms with Gasteiger partial charge in [-0.25, -0.2) is 0 Å². The van der Waals surface area contributed by atoms with E-state index in [0.717, 1.165) is 0 Å². The molecule has 252 valence electrons. The molecule has 2 atom stereocenters. The largest absolute Gasteiger partial charge is 0.493 e. The van der Waals surface area contributed by atoms with Crippen molar-refractivity contribution in [3.05, 3.63) is 59.7 Å². The molecule has 0 aliphatic heterocycles. The van der Waals surface area contributed by atoms with Crippen LogP contribution in [-0.2, 0) is 28.8 Å². The van der Waals surface area contributed by atoms with Crippen molar-refractivity contribution < 1.29 is 47.7 Å². The molecule has 10 nitrogen and oxygen atoms in total. The summed E-state index contributed by atoms with van der Waals surface area (Å²) >= 11 is 22.1. The number of carbonyl (C=O) groups excluding carboxylic acids is 6. The Labute approximate surface area is 291 Å². The molecule has 0 aliphatic rings. The highest BCUT2D eigenvalue weighted by Gasteiger charge is 2.24. The highest BCUT2D eigenvalue weighted by Crippen LogP contribution is 2.31. The van der Waals surface area contributed by atoms with Crippen molar-refractivity contribution in [1.29, 1.82) is 0 Å². The average molecular weight is 730 g/mol. The minimum absolute atomic E-state index is 0.106. The molecule has 47 heavy (non-hydrogen) atoms. The molecule has 2 rings (SSSR count). The van der Waals surface area contributed by atoms with Gasteiger partial charge in [0.1, 0.15) is 0 Å². The predicted octanol–water partition coefficient (Wildman–Crippen LogP) is 6.57. The van der Waals surface area contributed by atoms with Gasteiger partial charge >= 0.3 is 11.9 Å². The maximum absolute atomic E-state index is 12.4. The number of methoxy groups -OCH3 is 2. The van der Waals surface area contributed by atoms with Crippen LogP contribution in [0.1, 0.15) is 44.2 Å². The fourth-order valence-electron chi connectivity index (χ4n) is 3.78. The van der Waals surface area contributed by atoms with Gasteiger partial charge in [0.15, 0.2) is 55.8 Å². The van der Waals surface area contributed by atoms with E-state index >= 15 is 0 Å². The first-order chi connectivity index (χ1) is 22.1. The van der Waals surface area contributed by atoms with Crippen molar-refractivity contribution in [2.75, 3.05) is 14.2 Å². The monoisotopic (exact) mass is 728 g/mol. The van der Waals surface area contributed by atoms with E-state index in [9.17, 15) is 28.8 Å². The number of hydrogen-bond donors (Lipinski definition) is 0. The third kappa shape index (κ3) is 13.1. The molecular weight excluding hydrogens is 698 g/mol. The highest BCUT2D eigenvalue weighted by atomic mass is 35.5. The Morgan fingerprint density at radius 3 is 1.30 bits per heavy atom. The number of ether oxygens (including phenoxy) is 4. The van der Waals surface area contributed by atoms with Gasteiger partial charge < -0.3 is 18.9 Å². The first-order valence-electron chi connectivity index (χ1n) is 14.0. The number of alkyl halides is 4. The van der Waals surface area contributed by atoms with E-state index in [1.165, 1.54) is 76.6 Å². The Kier molecular flexibility index (Phi) is 16.1. The lowest BCUT2D eigenvalue weighted by Gasteiger charge is -2.13. The quantitative estimate of drug-likeness (QED) is 0.0544. The predicted molar refractivity (Wildman–Crippen MR) is 179 cm³/mol. The zero-order valence-electron chi connectivity index (χ0n) is 25.8. The van der Waals surface area contributed by atoms with E-state index in [0.29, 0.717) is 11.1 Å². The normalized spacial score (nSPS) is 12.6. The number of ketones is 4. The van der Waals surface area contributed by atoms with Crippen LogP contribution in [0.5, 0.6) is 23.0 Å². The standard InChI is InChI=1S/C33H32Cl4O10/c1-18(13-24(40)30(34)35)32(42)46-26-11-7-20(15-28(26)44-3)5-9-22(38)17-23(39)10-6-21-8-12-27(29(16-21)45-4)47-33(43)19(2)14-25(41)31(36)37/h5-12,15-16,18-19,30-31H,13-14,17H2,1-4H3/b9-5+,10-6+/t18-,19-/m1/s1. The Balaban J connectivity index is 1.98. The van der Waals surface area contributed by atoms with E-state index in [-0.39, 0.29) is 35.8 Å². The number of Topliss-reactive ketones (excluding diaryl/α,β-unsaturated/α-hetero) is 2. The number of hydrogen-bond acceptors (Lipinski definition) is 10. The molecule has 0 saturated heterocycles. The second-order valence-electron chi connectivity index (χ2n) is 10.2. The number of esters is 2. The number of halogens is 4. The zero-order valence-corrected chi connectivity index (χ0v) is 28.8. The molecule has 14 heteroatoms. The van der Waals surface area contributed by atoms with Crippen LogP contribution >= 0.6 is 46.4 Å². The molecule has 0 spiro atoms. The molecule has 0 fully saturated rings. The fourth-order valence-corrected chi connectivity index (χ4v) is 4.13. The van der Waals surface area contributed by atoms with Crippen molar-refractivity contribution in [2.24, 2.45) is 11.8 Å². The van der Waals surface area contributed by atoms with E-state index in [4.69, 9.17) is 65.4 Å². The Morgan fingerprint density at radius 2 is 0.979 bits per heavy atom. The van der Waals surface area contributed by atoms with Crippen LogP contribution in [0.3, 0.4) is 0 Å². The van der Waals surface area contributed by atoms with Crippen LogP contribution < -0.4 is 18.9 Å². The molecule has 0 radical (unpaired) electrons. The summed E-state index contributed by atoms with van der Waals surface area (Å²) in [5, 5.41) is 0. The summed E-state index contributed by atoms with van der Waals surface area (Å²) in [6, 6.07) is 9.14. The maximum atomic E-state index is 12.4. The molecule has 0 aromatic heterocycles. The Morgan fingerprint density at radius 1 is 0.617 bits per heavy atom. The van der Waals surface area contributed by atoms with Crippen molar-refractivity contribution >= 4 is 93.6 Å². The summed E-state index contributed by atoms with van der Waals surface area (Å²) in [5.74, 6) is -4.27. The number of benzene rings is 2. The van der Waals surface area contributed by atoms with Gasteiger partial charge in [-0.15, -0.1) is 0 Å². The Bertz CT molecular complexity index is 1430. The van der Waals surface area contributed by atoms with Crippen molar-refractivity contribution in [1.82, 2.24) is 0 Å². The third-order valence-electron chi connectivity index (χ3n) is 6.37. The molecule has 0 heterocycles. The van der Waals surface area contributed by atoms with Crippen LogP contribution in [0.2, 0.25) is 0 Å². The van der Waals surface area contributed by atoms with Gasteiger partial charge in [0.25, 0.3) is 0 Å². The van der Waals surface area contributed by atoms with Gasteiger partial charge in [0, 0.05) is 12.8 Å². The number of allylic oxidation sites excluding steroid dienone is 2. The molecular formula is C33H32Cl4O10. The van der Waals surface area contributed by atoms with Crippen molar-refractivity contribution in [3.8, 4) is 23.0 Å². The minimum atomic E-state index is -1.24. The topological polar surface area (TPSA) is 139 Å². The summed E-state index contributed by atoms with van der Waals surface area (Å²) in [4.78, 5) is 70.6. The van der Waals surface area contributed by atoms with Crippen LogP contribution in [0, 0.1) is 11.8 Å². The molecule has 2 aromatic carbocycles. The summed E-state index contributed by atoms with van der Waals surface area (Å²) in [6.07, 6.45) is 4.62. The summed E-state index contributed by atoms with van der Waals surface area (Å²) < 4.78 is 21.3. The van der Waals surface area contributed by atoms with Gasteiger partial charge in [-0.05, 0) is 47.5 Å². The minimum Gasteiger partial charge on any atom is -0.493 e. The lowest BCUT2D eigenvalue weighted by atomic mass is 10.1. The molecule has 0 aliphatic carbocycles. The maximum Gasteiger partial charge on any atom is 0.314 e. The smallest absolute Gasteiger partial charge is 0.314 e. The zero-order chi connectivity index (χ0) is 35.3. The Hall–Kier alpha value is -3.70. The first kappa shape index (κ1) is 39.5. The third-order valence-corrected chi connectivity index (χ3v) is 7.35. The molecule has 0 amide bonds. The van der Waals surface area contributed by atoms with Gasteiger partial charge in [0.2, 0.25) is 0 Å². The fraction of sp³-hybridized carbons (Fsp3) is 0.333. The first-order valence-corrected chi connectivity index (χ1v) is 15.7. The lowest BCUT2D eigenvalue weighted by Crippen LogP contribution is -2.23. The number of carbonyl (C=O) groups is 6. The van der Waals surface area contributed by atoms with Gasteiger partial charge in [-0.3, -0.25) is 28.8 Å². The lowest BCUT2D eigenvalue weighted by molar-refractivity contribution is -0.140. The molecule has 0 saturated carbocycles. The summed E-state index contributed by atoms with van der Waals surface area (Å²) in [6.45, 7) is 3.01. The van der Waals surface area contributed by atoms with Gasteiger partial charge in [0.05, 0.1) is 32.5 Å². The summed E-state index contributed by atoms with van der Waals surface area (Å²) in [7, 11) is 2.74. The van der Waals surface area contributed by atoms with Crippen LogP contribution in [0.15, 0.2) is 48.6 Å². The second-order valence-corrected chi connectivity index (χ2v) is 12.4. The van der Waals surface area contributed by atoms with Crippen LogP contribution in [-0.4, -0.2) is 59.0 Å². The molecule has 2 aromatic rings. The SMILES string of the molecule is COc1cc(/C=C/C(=O)CC(=O)/C=C/c2ccc(OC(=O)[C@H](C)CC(=O)C(Cl)Cl)c(OC)c2)ccc1OC(=O)[C@H](C)CC(=O)C(Cl)Cl. The van der Waals surface area contributed by atoms with E-state index in [2.05, 4.69) is 0 Å². The van der Waals surface area contributed by atoms with Crippen molar-refractivity contribution in [2.45, 2.75) is 42.8 Å². The van der Waals surface area contributed by atoms with Crippen LogP contribution in [0.4, 0.5) is 0 Å². The van der Waals surface area contributed by atoms with E-state index in [1.54, 1.807) is 12.1 Å². The highest BCUT2D eigenvalue weighted by molar-refractivity contribution is 6.54. The second kappa shape index (κ2) is 19.2. The van der Waals surface area contributed by atoms with E-state index in [1.807, 2.05) is 0 Å². The van der Waals surface area contributed by atoms with E-state index < -0.39 is 63.0 Å². The van der Waals surface area contributed by atoms with Gasteiger partial charge in [-0.1, -0.05) is 84.5 Å². The molecule has 0 bridgehead atoms.